The predicted octanol–water partition coefficient (Wildman–Crippen LogP) is 4.28. The van der Waals surface area contributed by atoms with E-state index in [0.717, 1.165) is 16.9 Å². The Morgan fingerprint density at radius 1 is 1.22 bits per heavy atom. The summed E-state index contributed by atoms with van der Waals surface area (Å²) in [6.07, 6.45) is 0. The lowest BCUT2D eigenvalue weighted by Crippen LogP contribution is -2.19. The fourth-order valence-electron chi connectivity index (χ4n) is 2.51. The average molecular weight is 383 g/mol. The Balaban J connectivity index is 1.73. The first-order valence-electron chi connectivity index (χ1n) is 8.46. The van der Waals surface area contributed by atoms with Crippen molar-refractivity contribution in [3.05, 3.63) is 70.9 Å². The fourth-order valence-corrected chi connectivity index (χ4v) is 2.78. The van der Waals surface area contributed by atoms with Crippen LogP contribution in [-0.4, -0.2) is 28.4 Å². The maximum atomic E-state index is 12.3. The van der Waals surface area contributed by atoms with Crippen molar-refractivity contribution in [1.29, 1.82) is 0 Å². The monoisotopic (exact) mass is 382 g/mol. The maximum Gasteiger partial charge on any atom is 0.289 e. The Morgan fingerprint density at radius 3 is 2.81 bits per heavy atom. The largest absolute Gasteiger partial charge is 0.494 e. The van der Waals surface area contributed by atoms with Crippen molar-refractivity contribution in [2.45, 2.75) is 13.8 Å². The van der Waals surface area contributed by atoms with E-state index >= 15 is 0 Å². The molecule has 0 aliphatic carbocycles. The molecule has 27 heavy (non-hydrogen) atoms. The van der Waals surface area contributed by atoms with Crippen LogP contribution in [0.5, 0.6) is 5.75 Å². The number of rotatable bonds is 6. The second kappa shape index (κ2) is 8.51. The molecule has 0 aliphatic rings. The van der Waals surface area contributed by atoms with Gasteiger partial charge < -0.3 is 4.74 Å². The lowest BCUT2D eigenvalue weighted by atomic mass is 10.1. The van der Waals surface area contributed by atoms with Crippen molar-refractivity contribution in [1.82, 2.24) is 15.6 Å². The van der Waals surface area contributed by atoms with E-state index in [1.165, 1.54) is 0 Å². The normalized spacial score (nSPS) is 11.3. The highest BCUT2D eigenvalue weighted by atomic mass is 35.5. The highest BCUT2D eigenvalue weighted by Crippen LogP contribution is 2.23. The summed E-state index contributed by atoms with van der Waals surface area (Å²) in [5.41, 5.74) is 5.69. The van der Waals surface area contributed by atoms with Gasteiger partial charge in [-0.2, -0.15) is 10.2 Å². The lowest BCUT2D eigenvalue weighted by Gasteiger charge is -2.04. The molecule has 1 aromatic heterocycles. The average Bonchev–Trinajstić information content (AvgIpc) is 3.17. The van der Waals surface area contributed by atoms with Crippen LogP contribution in [0, 0.1) is 0 Å². The molecule has 1 heterocycles. The first-order chi connectivity index (χ1) is 13.1. The number of nitrogens with zero attached hydrogens (tertiary/aromatic N) is 2. The molecule has 2 aromatic carbocycles. The summed E-state index contributed by atoms with van der Waals surface area (Å²) >= 11 is 6.14. The third kappa shape index (κ3) is 4.54. The van der Waals surface area contributed by atoms with E-state index in [2.05, 4.69) is 20.7 Å². The summed E-state index contributed by atoms with van der Waals surface area (Å²) in [5, 5.41) is 11.6. The summed E-state index contributed by atoms with van der Waals surface area (Å²) in [5.74, 6) is 0.366. The molecule has 0 fully saturated rings. The van der Waals surface area contributed by atoms with Crippen LogP contribution in [0.25, 0.3) is 11.3 Å². The van der Waals surface area contributed by atoms with Crippen LogP contribution in [0.4, 0.5) is 0 Å². The van der Waals surface area contributed by atoms with E-state index in [9.17, 15) is 4.79 Å². The molecular formula is C20H19ClN4O2. The van der Waals surface area contributed by atoms with E-state index in [4.69, 9.17) is 16.3 Å². The highest BCUT2D eigenvalue weighted by Gasteiger charge is 2.12. The standard InChI is InChI=1S/C20H19ClN4O2/c1-3-27-15-8-6-7-14(11-15)18-12-19(24-23-18)20(26)25-22-13(2)16-9-4-5-10-17(16)21/h4-12H,3H2,1-2H3,(H,23,24)(H,25,26). The summed E-state index contributed by atoms with van der Waals surface area (Å²) in [6.45, 7) is 4.29. The minimum absolute atomic E-state index is 0.308. The number of hydrazone groups is 1. The van der Waals surface area contributed by atoms with Crippen LogP contribution in [0.1, 0.15) is 29.9 Å². The van der Waals surface area contributed by atoms with Crippen LogP contribution in [0.3, 0.4) is 0 Å². The van der Waals surface area contributed by atoms with Gasteiger partial charge in [-0.15, -0.1) is 0 Å². The molecule has 7 heteroatoms. The first-order valence-corrected chi connectivity index (χ1v) is 8.84. The number of ether oxygens (including phenoxy) is 1. The molecule has 2 N–H and O–H groups in total. The van der Waals surface area contributed by atoms with Crippen LogP contribution < -0.4 is 10.2 Å². The van der Waals surface area contributed by atoms with Gasteiger partial charge in [-0.05, 0) is 38.1 Å². The number of benzene rings is 2. The molecule has 6 nitrogen and oxygen atoms in total. The molecule has 1 amide bonds. The Morgan fingerprint density at radius 2 is 2.04 bits per heavy atom. The van der Waals surface area contributed by atoms with Gasteiger partial charge >= 0.3 is 0 Å². The fraction of sp³-hybridized carbons (Fsp3) is 0.150. The molecule has 138 valence electrons. The van der Waals surface area contributed by atoms with Crippen LogP contribution in [0.15, 0.2) is 59.7 Å². The molecular weight excluding hydrogens is 364 g/mol. The predicted molar refractivity (Wildman–Crippen MR) is 106 cm³/mol. The summed E-state index contributed by atoms with van der Waals surface area (Å²) in [4.78, 5) is 12.3. The molecule has 0 bridgehead atoms. The lowest BCUT2D eigenvalue weighted by molar-refractivity contribution is 0.0950. The van der Waals surface area contributed by atoms with Gasteiger partial charge in [0.2, 0.25) is 0 Å². The Kier molecular flexibility index (Phi) is 5.88. The zero-order valence-electron chi connectivity index (χ0n) is 15.0. The molecule has 0 radical (unpaired) electrons. The van der Waals surface area contributed by atoms with Crippen LogP contribution >= 0.6 is 11.6 Å². The zero-order chi connectivity index (χ0) is 19.2. The quantitative estimate of drug-likeness (QED) is 0.493. The van der Waals surface area contributed by atoms with Gasteiger partial charge in [-0.1, -0.05) is 41.9 Å². The Bertz CT molecular complexity index is 981. The molecule has 3 aromatic rings. The van der Waals surface area contributed by atoms with E-state index in [-0.39, 0.29) is 5.91 Å². The number of amides is 1. The third-order valence-electron chi connectivity index (χ3n) is 3.85. The van der Waals surface area contributed by atoms with Crippen molar-refractivity contribution in [2.24, 2.45) is 5.10 Å². The molecule has 0 spiro atoms. The van der Waals surface area contributed by atoms with Crippen molar-refractivity contribution in [2.75, 3.05) is 6.61 Å². The van der Waals surface area contributed by atoms with E-state index in [1.54, 1.807) is 19.1 Å². The SMILES string of the molecule is CCOc1cccc(-c2cc(C(=O)NN=C(C)c3ccccc3Cl)[nH]n2)c1. The number of hydrogen-bond donors (Lipinski definition) is 2. The van der Waals surface area contributed by atoms with Crippen molar-refractivity contribution < 1.29 is 9.53 Å². The van der Waals surface area contributed by atoms with Crippen molar-refractivity contribution in [3.8, 4) is 17.0 Å². The van der Waals surface area contributed by atoms with E-state index in [1.807, 2.05) is 49.4 Å². The minimum atomic E-state index is -0.388. The number of aromatic nitrogens is 2. The van der Waals surface area contributed by atoms with Gasteiger partial charge in [0, 0.05) is 16.1 Å². The van der Waals surface area contributed by atoms with Gasteiger partial charge in [0.25, 0.3) is 5.91 Å². The van der Waals surface area contributed by atoms with Gasteiger partial charge in [0.1, 0.15) is 11.4 Å². The Labute approximate surface area is 162 Å². The number of carbonyl (C=O) groups excluding carboxylic acids is 1. The molecule has 0 aliphatic heterocycles. The summed E-state index contributed by atoms with van der Waals surface area (Å²) in [6, 6.07) is 16.5. The maximum absolute atomic E-state index is 12.3. The number of halogens is 1. The minimum Gasteiger partial charge on any atom is -0.494 e. The van der Waals surface area contributed by atoms with E-state index in [0.29, 0.717) is 28.7 Å². The number of aromatic amines is 1. The van der Waals surface area contributed by atoms with Gasteiger partial charge in [-0.25, -0.2) is 5.43 Å². The molecule has 0 unspecified atom stereocenters. The third-order valence-corrected chi connectivity index (χ3v) is 4.18. The highest BCUT2D eigenvalue weighted by molar-refractivity contribution is 6.34. The van der Waals surface area contributed by atoms with Gasteiger partial charge in [0.15, 0.2) is 0 Å². The van der Waals surface area contributed by atoms with Crippen molar-refractivity contribution >= 4 is 23.2 Å². The Hall–Kier alpha value is -3.12. The number of carbonyl (C=O) groups is 1. The van der Waals surface area contributed by atoms with Crippen molar-refractivity contribution in [3.63, 3.8) is 0 Å². The number of hydrogen-bond acceptors (Lipinski definition) is 4. The van der Waals surface area contributed by atoms with Gasteiger partial charge in [-0.3, -0.25) is 9.89 Å². The van der Waals surface area contributed by atoms with Gasteiger partial charge in [0.05, 0.1) is 18.0 Å². The molecule has 0 saturated heterocycles. The summed E-state index contributed by atoms with van der Waals surface area (Å²) in [7, 11) is 0. The second-order valence-electron chi connectivity index (χ2n) is 5.75. The number of nitrogens with one attached hydrogen (secondary N) is 2. The first kappa shape index (κ1) is 18.7. The molecule has 0 saturated carbocycles. The van der Waals surface area contributed by atoms with Crippen LogP contribution in [0.2, 0.25) is 5.02 Å². The van der Waals surface area contributed by atoms with Crippen LogP contribution in [-0.2, 0) is 0 Å². The molecule has 0 atom stereocenters. The number of H-pyrrole nitrogens is 1. The summed E-state index contributed by atoms with van der Waals surface area (Å²) < 4.78 is 5.49. The molecule has 3 rings (SSSR count). The zero-order valence-corrected chi connectivity index (χ0v) is 15.7. The van der Waals surface area contributed by atoms with E-state index < -0.39 is 0 Å². The second-order valence-corrected chi connectivity index (χ2v) is 6.15. The smallest absolute Gasteiger partial charge is 0.289 e. The topological polar surface area (TPSA) is 79.4 Å².